The van der Waals surface area contributed by atoms with Crippen LogP contribution < -0.4 is 0 Å². The molecule has 0 fully saturated rings. The van der Waals surface area contributed by atoms with Crippen molar-refractivity contribution < 1.29 is 13.6 Å². The van der Waals surface area contributed by atoms with Crippen LogP contribution in [0.2, 0.25) is 0 Å². The van der Waals surface area contributed by atoms with Crippen LogP contribution in [-0.2, 0) is 0 Å². The first-order chi connectivity index (χ1) is 10.2. The number of carbonyl (C=O) groups excluding carboxylic acids is 1. The Balaban J connectivity index is 2.08. The summed E-state index contributed by atoms with van der Waals surface area (Å²) in [7, 11) is 0. The lowest BCUT2D eigenvalue weighted by Gasteiger charge is -2.07. The number of nitrogens with zero attached hydrogens (tertiary/aromatic N) is 2. The highest BCUT2D eigenvalue weighted by atomic mass is 19.2. The highest BCUT2D eigenvalue weighted by molar-refractivity contribution is 6.08. The van der Waals surface area contributed by atoms with Crippen molar-refractivity contribution in [3.8, 4) is 5.69 Å². The van der Waals surface area contributed by atoms with Crippen molar-refractivity contribution in [3.05, 3.63) is 83.7 Å². The molecule has 0 saturated heterocycles. The fourth-order valence-electron chi connectivity index (χ4n) is 2.07. The Morgan fingerprint density at radius 1 is 0.952 bits per heavy atom. The van der Waals surface area contributed by atoms with Gasteiger partial charge < -0.3 is 0 Å². The van der Waals surface area contributed by atoms with Gasteiger partial charge in [-0.3, -0.25) is 4.79 Å². The molecule has 1 aromatic heterocycles. The Morgan fingerprint density at radius 3 is 2.48 bits per heavy atom. The Morgan fingerprint density at radius 2 is 1.71 bits per heavy atom. The molecule has 0 bridgehead atoms. The third kappa shape index (κ3) is 2.33. The SMILES string of the molecule is O=C(c1cccc(F)c1F)c1ccnn1-c1ccccc1. The van der Waals surface area contributed by atoms with Gasteiger partial charge >= 0.3 is 0 Å². The van der Waals surface area contributed by atoms with Crippen LogP contribution in [0, 0.1) is 11.6 Å². The van der Waals surface area contributed by atoms with Crippen LogP contribution in [0.5, 0.6) is 0 Å². The van der Waals surface area contributed by atoms with E-state index in [9.17, 15) is 13.6 Å². The van der Waals surface area contributed by atoms with E-state index in [1.165, 1.54) is 29.1 Å². The monoisotopic (exact) mass is 284 g/mol. The van der Waals surface area contributed by atoms with Crippen molar-refractivity contribution in [2.75, 3.05) is 0 Å². The molecular formula is C16H10F2N2O. The summed E-state index contributed by atoms with van der Waals surface area (Å²) in [6.07, 6.45) is 1.44. The molecule has 0 radical (unpaired) electrons. The average molecular weight is 284 g/mol. The minimum absolute atomic E-state index is 0.172. The van der Waals surface area contributed by atoms with Crippen molar-refractivity contribution in [3.63, 3.8) is 0 Å². The molecule has 0 spiro atoms. The van der Waals surface area contributed by atoms with Crippen LogP contribution >= 0.6 is 0 Å². The molecule has 0 unspecified atom stereocenters. The van der Waals surface area contributed by atoms with Gasteiger partial charge in [-0.25, -0.2) is 13.5 Å². The maximum Gasteiger partial charge on any atom is 0.214 e. The highest BCUT2D eigenvalue weighted by Crippen LogP contribution is 2.18. The summed E-state index contributed by atoms with van der Waals surface area (Å²) in [5.41, 5.74) is 0.529. The predicted molar refractivity (Wildman–Crippen MR) is 73.4 cm³/mol. The lowest BCUT2D eigenvalue weighted by Crippen LogP contribution is -2.12. The molecule has 3 nitrogen and oxygen atoms in total. The largest absolute Gasteiger partial charge is 0.287 e. The molecule has 21 heavy (non-hydrogen) atoms. The molecule has 2 aromatic carbocycles. The van der Waals surface area contributed by atoms with Gasteiger partial charge in [-0.2, -0.15) is 5.10 Å². The van der Waals surface area contributed by atoms with Gasteiger partial charge in [0, 0.05) is 0 Å². The van der Waals surface area contributed by atoms with Crippen LogP contribution in [0.4, 0.5) is 8.78 Å². The van der Waals surface area contributed by atoms with Crippen molar-refractivity contribution in [1.29, 1.82) is 0 Å². The van der Waals surface area contributed by atoms with Crippen LogP contribution in [0.15, 0.2) is 60.8 Å². The fourth-order valence-corrected chi connectivity index (χ4v) is 2.07. The van der Waals surface area contributed by atoms with E-state index >= 15 is 0 Å². The second kappa shape index (κ2) is 5.28. The van der Waals surface area contributed by atoms with E-state index in [1.54, 1.807) is 24.3 Å². The van der Waals surface area contributed by atoms with Crippen molar-refractivity contribution in [1.82, 2.24) is 9.78 Å². The van der Waals surface area contributed by atoms with Gasteiger partial charge in [0.2, 0.25) is 5.78 Å². The topological polar surface area (TPSA) is 34.9 Å². The summed E-state index contributed by atoms with van der Waals surface area (Å²) in [6, 6.07) is 14.0. The third-order valence-electron chi connectivity index (χ3n) is 3.07. The first kappa shape index (κ1) is 13.2. The lowest BCUT2D eigenvalue weighted by molar-refractivity contribution is 0.102. The minimum Gasteiger partial charge on any atom is -0.287 e. The molecule has 3 aromatic rings. The van der Waals surface area contributed by atoms with Gasteiger partial charge in [-0.05, 0) is 30.3 Å². The Labute approximate surface area is 119 Å². The zero-order valence-electron chi connectivity index (χ0n) is 10.8. The molecule has 0 aliphatic heterocycles. The summed E-state index contributed by atoms with van der Waals surface area (Å²) < 4.78 is 28.4. The number of aromatic nitrogens is 2. The number of halogens is 2. The van der Waals surface area contributed by atoms with Crippen LogP contribution in [0.3, 0.4) is 0 Å². The standard InChI is InChI=1S/C16H10F2N2O/c17-13-8-4-7-12(15(13)18)16(21)14-9-10-19-20(14)11-5-2-1-3-6-11/h1-10H. The number of rotatable bonds is 3. The van der Waals surface area contributed by atoms with E-state index in [-0.39, 0.29) is 11.3 Å². The van der Waals surface area contributed by atoms with E-state index in [4.69, 9.17) is 0 Å². The van der Waals surface area contributed by atoms with Gasteiger partial charge in [-0.15, -0.1) is 0 Å². The minimum atomic E-state index is -1.15. The fraction of sp³-hybridized carbons (Fsp3) is 0. The van der Waals surface area contributed by atoms with Crippen LogP contribution in [0.1, 0.15) is 16.1 Å². The van der Waals surface area contributed by atoms with E-state index < -0.39 is 17.4 Å². The van der Waals surface area contributed by atoms with Crippen molar-refractivity contribution in [2.24, 2.45) is 0 Å². The van der Waals surface area contributed by atoms with E-state index in [1.807, 2.05) is 6.07 Å². The Hall–Kier alpha value is -2.82. The van der Waals surface area contributed by atoms with Gasteiger partial charge in [0.1, 0.15) is 5.69 Å². The lowest BCUT2D eigenvalue weighted by atomic mass is 10.1. The first-order valence-corrected chi connectivity index (χ1v) is 6.26. The summed E-state index contributed by atoms with van der Waals surface area (Å²) in [5.74, 6) is -2.82. The number of hydrogen-bond donors (Lipinski definition) is 0. The number of ketones is 1. The molecule has 5 heteroatoms. The highest BCUT2D eigenvalue weighted by Gasteiger charge is 2.20. The smallest absolute Gasteiger partial charge is 0.214 e. The Kier molecular flexibility index (Phi) is 3.31. The molecule has 0 atom stereocenters. The maximum absolute atomic E-state index is 13.8. The van der Waals surface area contributed by atoms with Crippen molar-refractivity contribution in [2.45, 2.75) is 0 Å². The number of hydrogen-bond acceptors (Lipinski definition) is 2. The quantitative estimate of drug-likeness (QED) is 0.691. The average Bonchev–Trinajstić information content (AvgIpc) is 3.00. The summed E-state index contributed by atoms with van der Waals surface area (Å²) in [4.78, 5) is 12.4. The molecular weight excluding hydrogens is 274 g/mol. The van der Waals surface area contributed by atoms with Gasteiger partial charge in [0.15, 0.2) is 11.6 Å². The summed E-state index contributed by atoms with van der Waals surface area (Å²) in [5, 5.41) is 4.06. The number of para-hydroxylation sites is 1. The predicted octanol–water partition coefficient (Wildman–Crippen LogP) is 3.38. The Bertz CT molecular complexity index is 797. The second-order valence-electron chi connectivity index (χ2n) is 4.39. The van der Waals surface area contributed by atoms with E-state index in [0.717, 1.165) is 6.07 Å². The van der Waals surface area contributed by atoms with Crippen molar-refractivity contribution >= 4 is 5.78 Å². The van der Waals surface area contributed by atoms with Gasteiger partial charge in [0.05, 0.1) is 17.4 Å². The maximum atomic E-state index is 13.8. The molecule has 0 amide bonds. The summed E-state index contributed by atoms with van der Waals surface area (Å²) in [6.45, 7) is 0. The number of benzene rings is 2. The van der Waals surface area contributed by atoms with Gasteiger partial charge in [-0.1, -0.05) is 24.3 Å². The molecule has 0 aliphatic carbocycles. The molecule has 0 N–H and O–H groups in total. The van der Waals surface area contributed by atoms with E-state index in [0.29, 0.717) is 5.69 Å². The second-order valence-corrected chi connectivity index (χ2v) is 4.39. The zero-order chi connectivity index (χ0) is 14.8. The molecule has 0 saturated carbocycles. The third-order valence-corrected chi connectivity index (χ3v) is 3.07. The van der Waals surface area contributed by atoms with Gasteiger partial charge in [0.25, 0.3) is 0 Å². The first-order valence-electron chi connectivity index (χ1n) is 6.26. The molecule has 1 heterocycles. The molecule has 0 aliphatic rings. The molecule has 3 rings (SSSR count). The normalized spacial score (nSPS) is 10.6. The number of carbonyl (C=O) groups is 1. The van der Waals surface area contributed by atoms with E-state index in [2.05, 4.69) is 5.10 Å². The van der Waals surface area contributed by atoms with Crippen LogP contribution in [0.25, 0.3) is 5.69 Å². The molecule has 104 valence electrons. The van der Waals surface area contributed by atoms with Crippen LogP contribution in [-0.4, -0.2) is 15.6 Å². The summed E-state index contributed by atoms with van der Waals surface area (Å²) >= 11 is 0. The zero-order valence-corrected chi connectivity index (χ0v) is 10.8.